The summed E-state index contributed by atoms with van der Waals surface area (Å²) in [6, 6.07) is 3.76. The monoisotopic (exact) mass is 308 g/mol. The van der Waals surface area contributed by atoms with E-state index in [4.69, 9.17) is 9.47 Å². The summed E-state index contributed by atoms with van der Waals surface area (Å²) in [7, 11) is 3.12. The second-order valence-corrected chi connectivity index (χ2v) is 6.28. The highest BCUT2D eigenvalue weighted by Gasteiger charge is 2.20. The largest absolute Gasteiger partial charge is 0.504 e. The number of piperazine rings is 1. The summed E-state index contributed by atoms with van der Waals surface area (Å²) in [5.41, 5.74) is 0.884. The standard InChI is InChI=1S/C17H28N2O3/c1-13(2)11-18-7-9-19(10-8-18)12-14-5-6-15(21-3)17(22-4)16(14)20/h5-6,13,20H,7-12H2,1-4H3. The van der Waals surface area contributed by atoms with Crippen molar-refractivity contribution in [1.29, 1.82) is 0 Å². The van der Waals surface area contributed by atoms with Crippen molar-refractivity contribution in [3.8, 4) is 17.2 Å². The van der Waals surface area contributed by atoms with E-state index in [-0.39, 0.29) is 5.75 Å². The molecule has 1 aromatic carbocycles. The number of nitrogens with zero attached hydrogens (tertiary/aromatic N) is 2. The van der Waals surface area contributed by atoms with Crippen LogP contribution in [0, 0.1) is 5.92 Å². The predicted octanol–water partition coefficient (Wildman–Crippen LogP) is 2.18. The molecule has 22 heavy (non-hydrogen) atoms. The average molecular weight is 308 g/mol. The molecule has 5 heteroatoms. The summed E-state index contributed by atoms with van der Waals surface area (Å²) in [4.78, 5) is 4.88. The summed E-state index contributed by atoms with van der Waals surface area (Å²) in [5, 5.41) is 10.4. The van der Waals surface area contributed by atoms with Gasteiger partial charge in [0, 0.05) is 44.8 Å². The summed E-state index contributed by atoms with van der Waals surface area (Å²) in [6.45, 7) is 10.7. The lowest BCUT2D eigenvalue weighted by molar-refractivity contribution is 0.116. The molecule has 1 aliphatic heterocycles. The minimum atomic E-state index is 0.187. The summed E-state index contributed by atoms with van der Waals surface area (Å²) < 4.78 is 10.5. The van der Waals surface area contributed by atoms with E-state index in [2.05, 4.69) is 23.6 Å². The number of hydrogen-bond donors (Lipinski definition) is 1. The number of rotatable bonds is 6. The van der Waals surface area contributed by atoms with E-state index in [9.17, 15) is 5.11 Å². The van der Waals surface area contributed by atoms with Crippen LogP contribution in [0.4, 0.5) is 0 Å². The first-order chi connectivity index (χ1) is 10.5. The van der Waals surface area contributed by atoms with Gasteiger partial charge in [-0.05, 0) is 12.0 Å². The maximum absolute atomic E-state index is 10.4. The Morgan fingerprint density at radius 2 is 1.68 bits per heavy atom. The smallest absolute Gasteiger partial charge is 0.203 e. The van der Waals surface area contributed by atoms with Gasteiger partial charge in [-0.3, -0.25) is 4.90 Å². The van der Waals surface area contributed by atoms with Gasteiger partial charge >= 0.3 is 0 Å². The van der Waals surface area contributed by atoms with Crippen LogP contribution in [0.3, 0.4) is 0 Å². The Hall–Kier alpha value is -1.46. The molecule has 124 valence electrons. The zero-order valence-electron chi connectivity index (χ0n) is 14.1. The number of phenolic OH excluding ortho intramolecular Hbond substituents is 1. The van der Waals surface area contributed by atoms with E-state index in [1.807, 2.05) is 12.1 Å². The fourth-order valence-electron chi connectivity index (χ4n) is 2.97. The zero-order valence-corrected chi connectivity index (χ0v) is 14.1. The number of benzene rings is 1. The summed E-state index contributed by atoms with van der Waals surface area (Å²) in [6.07, 6.45) is 0. The Kier molecular flexibility index (Phi) is 5.91. The van der Waals surface area contributed by atoms with E-state index in [1.165, 1.54) is 0 Å². The van der Waals surface area contributed by atoms with Crippen molar-refractivity contribution in [2.24, 2.45) is 5.92 Å². The molecular weight excluding hydrogens is 280 g/mol. The van der Waals surface area contributed by atoms with Crippen LogP contribution in [-0.2, 0) is 6.54 Å². The maximum Gasteiger partial charge on any atom is 0.203 e. The SMILES string of the molecule is COc1ccc(CN2CCN(CC(C)C)CC2)c(O)c1OC. The zero-order chi connectivity index (χ0) is 16.1. The Morgan fingerprint density at radius 1 is 1.05 bits per heavy atom. The quantitative estimate of drug-likeness (QED) is 0.873. The van der Waals surface area contributed by atoms with Crippen LogP contribution < -0.4 is 9.47 Å². The van der Waals surface area contributed by atoms with Crippen molar-refractivity contribution in [2.45, 2.75) is 20.4 Å². The van der Waals surface area contributed by atoms with Crippen molar-refractivity contribution in [3.63, 3.8) is 0 Å². The Labute approximate surface area is 133 Å². The van der Waals surface area contributed by atoms with Gasteiger partial charge in [-0.1, -0.05) is 19.9 Å². The van der Waals surface area contributed by atoms with Crippen LogP contribution in [0.15, 0.2) is 12.1 Å². The Balaban J connectivity index is 1.98. The lowest BCUT2D eigenvalue weighted by Gasteiger charge is -2.35. The molecule has 1 heterocycles. The molecule has 0 spiro atoms. The lowest BCUT2D eigenvalue weighted by atomic mass is 10.1. The van der Waals surface area contributed by atoms with Gasteiger partial charge in [-0.15, -0.1) is 0 Å². The second-order valence-electron chi connectivity index (χ2n) is 6.28. The number of hydrogen-bond acceptors (Lipinski definition) is 5. The van der Waals surface area contributed by atoms with Gasteiger partial charge in [0.05, 0.1) is 14.2 Å². The van der Waals surface area contributed by atoms with Gasteiger partial charge in [0.2, 0.25) is 5.75 Å². The molecular formula is C17H28N2O3. The fourth-order valence-corrected chi connectivity index (χ4v) is 2.97. The minimum absolute atomic E-state index is 0.187. The molecule has 1 saturated heterocycles. The molecule has 0 bridgehead atoms. The Morgan fingerprint density at radius 3 is 2.23 bits per heavy atom. The van der Waals surface area contributed by atoms with Crippen LogP contribution in [-0.4, -0.2) is 61.8 Å². The predicted molar refractivity (Wildman–Crippen MR) is 87.8 cm³/mol. The molecule has 0 unspecified atom stereocenters. The number of aromatic hydroxyl groups is 1. The molecule has 0 atom stereocenters. The van der Waals surface area contributed by atoms with E-state index < -0.39 is 0 Å². The first-order valence-electron chi connectivity index (χ1n) is 7.92. The van der Waals surface area contributed by atoms with Crippen molar-refractivity contribution < 1.29 is 14.6 Å². The van der Waals surface area contributed by atoms with Gasteiger partial charge < -0.3 is 19.5 Å². The molecule has 5 nitrogen and oxygen atoms in total. The van der Waals surface area contributed by atoms with Gasteiger partial charge in [0.15, 0.2) is 11.5 Å². The highest BCUT2D eigenvalue weighted by atomic mass is 16.5. The van der Waals surface area contributed by atoms with Crippen LogP contribution in [0.5, 0.6) is 17.2 Å². The minimum Gasteiger partial charge on any atom is -0.504 e. The Bertz CT molecular complexity index is 483. The third-order valence-electron chi connectivity index (χ3n) is 4.09. The van der Waals surface area contributed by atoms with Crippen LogP contribution in [0.1, 0.15) is 19.4 Å². The molecule has 0 radical (unpaired) electrons. The van der Waals surface area contributed by atoms with Crippen LogP contribution in [0.25, 0.3) is 0 Å². The fraction of sp³-hybridized carbons (Fsp3) is 0.647. The molecule has 0 amide bonds. The van der Waals surface area contributed by atoms with E-state index in [1.54, 1.807) is 14.2 Å². The average Bonchev–Trinajstić information content (AvgIpc) is 2.50. The van der Waals surface area contributed by atoms with Crippen molar-refractivity contribution in [2.75, 3.05) is 46.9 Å². The summed E-state index contributed by atoms with van der Waals surface area (Å²) >= 11 is 0. The molecule has 2 rings (SSSR count). The highest BCUT2D eigenvalue weighted by molar-refractivity contribution is 5.54. The molecule has 1 aromatic rings. The van der Waals surface area contributed by atoms with Crippen LogP contribution in [0.2, 0.25) is 0 Å². The summed E-state index contributed by atoms with van der Waals surface area (Å²) in [5.74, 6) is 1.87. The third kappa shape index (κ3) is 4.05. The number of ether oxygens (including phenoxy) is 2. The maximum atomic E-state index is 10.4. The van der Waals surface area contributed by atoms with Crippen molar-refractivity contribution >= 4 is 0 Å². The topological polar surface area (TPSA) is 45.2 Å². The first kappa shape index (κ1) is 16.9. The molecule has 1 N–H and O–H groups in total. The van der Waals surface area contributed by atoms with Crippen molar-refractivity contribution in [1.82, 2.24) is 9.80 Å². The lowest BCUT2D eigenvalue weighted by Crippen LogP contribution is -2.46. The molecule has 0 saturated carbocycles. The van der Waals surface area contributed by atoms with Gasteiger partial charge in [0.25, 0.3) is 0 Å². The third-order valence-corrected chi connectivity index (χ3v) is 4.09. The molecule has 1 fully saturated rings. The van der Waals surface area contributed by atoms with E-state index in [0.717, 1.165) is 44.8 Å². The van der Waals surface area contributed by atoms with E-state index in [0.29, 0.717) is 17.4 Å². The second kappa shape index (κ2) is 7.70. The number of phenols is 1. The van der Waals surface area contributed by atoms with Gasteiger partial charge in [0.1, 0.15) is 0 Å². The normalized spacial score (nSPS) is 17.0. The molecule has 0 aromatic heterocycles. The first-order valence-corrected chi connectivity index (χ1v) is 7.92. The van der Waals surface area contributed by atoms with Crippen molar-refractivity contribution in [3.05, 3.63) is 17.7 Å². The molecule has 0 aliphatic carbocycles. The van der Waals surface area contributed by atoms with E-state index >= 15 is 0 Å². The van der Waals surface area contributed by atoms with Gasteiger partial charge in [-0.25, -0.2) is 0 Å². The number of methoxy groups -OCH3 is 2. The van der Waals surface area contributed by atoms with Crippen LogP contribution >= 0.6 is 0 Å². The highest BCUT2D eigenvalue weighted by Crippen LogP contribution is 2.39. The van der Waals surface area contributed by atoms with Gasteiger partial charge in [-0.2, -0.15) is 0 Å². The molecule has 1 aliphatic rings.